The standard InChI is InChI=1S/C16H25N3/c1-5-7-10-19(4)12(3)16-17-14-9-8-13(6-2)11-15(14)18-16/h8-9,11-12H,5-7,10H2,1-4H3,(H,17,18). The van der Waals surface area contributed by atoms with Crippen LogP contribution in [-0.2, 0) is 6.42 Å². The summed E-state index contributed by atoms with van der Waals surface area (Å²) in [5.41, 5.74) is 3.59. The van der Waals surface area contributed by atoms with Gasteiger partial charge in [-0.25, -0.2) is 4.98 Å². The molecule has 1 aromatic carbocycles. The lowest BCUT2D eigenvalue weighted by atomic mass is 10.1. The van der Waals surface area contributed by atoms with Gasteiger partial charge in [-0.1, -0.05) is 26.3 Å². The van der Waals surface area contributed by atoms with Crippen molar-refractivity contribution in [3.05, 3.63) is 29.6 Å². The van der Waals surface area contributed by atoms with E-state index in [1.54, 1.807) is 0 Å². The molecule has 0 spiro atoms. The molecule has 0 radical (unpaired) electrons. The van der Waals surface area contributed by atoms with Crippen LogP contribution in [0.15, 0.2) is 18.2 Å². The van der Waals surface area contributed by atoms with Gasteiger partial charge in [0.1, 0.15) is 5.82 Å². The van der Waals surface area contributed by atoms with E-state index in [0.29, 0.717) is 6.04 Å². The molecule has 0 aliphatic carbocycles. The molecule has 1 N–H and O–H groups in total. The Balaban J connectivity index is 2.20. The predicted molar refractivity (Wildman–Crippen MR) is 81.4 cm³/mol. The van der Waals surface area contributed by atoms with Crippen molar-refractivity contribution in [1.82, 2.24) is 14.9 Å². The minimum absolute atomic E-state index is 0.337. The van der Waals surface area contributed by atoms with Crippen molar-refractivity contribution < 1.29 is 0 Å². The van der Waals surface area contributed by atoms with Crippen LogP contribution in [0.2, 0.25) is 0 Å². The molecule has 3 heteroatoms. The molecule has 0 bridgehead atoms. The highest BCUT2D eigenvalue weighted by Crippen LogP contribution is 2.21. The van der Waals surface area contributed by atoms with E-state index in [1.165, 1.54) is 18.4 Å². The van der Waals surface area contributed by atoms with Gasteiger partial charge in [-0.3, -0.25) is 4.90 Å². The molecule has 0 amide bonds. The molecule has 1 atom stereocenters. The van der Waals surface area contributed by atoms with Crippen LogP contribution < -0.4 is 0 Å². The van der Waals surface area contributed by atoms with E-state index in [0.717, 1.165) is 29.8 Å². The largest absolute Gasteiger partial charge is 0.341 e. The van der Waals surface area contributed by atoms with Crippen molar-refractivity contribution in [2.24, 2.45) is 0 Å². The third-order valence-corrected chi connectivity index (χ3v) is 3.89. The number of unbranched alkanes of at least 4 members (excludes halogenated alkanes) is 1. The molecule has 3 nitrogen and oxygen atoms in total. The summed E-state index contributed by atoms with van der Waals surface area (Å²) < 4.78 is 0. The van der Waals surface area contributed by atoms with Gasteiger partial charge < -0.3 is 4.98 Å². The molecular formula is C16H25N3. The van der Waals surface area contributed by atoms with Crippen LogP contribution in [0.3, 0.4) is 0 Å². The highest BCUT2D eigenvalue weighted by atomic mass is 15.2. The molecule has 1 aromatic heterocycles. The summed E-state index contributed by atoms with van der Waals surface area (Å²) in [5, 5.41) is 0. The van der Waals surface area contributed by atoms with E-state index < -0.39 is 0 Å². The summed E-state index contributed by atoms with van der Waals surface area (Å²) in [6.07, 6.45) is 3.54. The van der Waals surface area contributed by atoms with Crippen molar-refractivity contribution in [1.29, 1.82) is 0 Å². The van der Waals surface area contributed by atoms with Gasteiger partial charge in [-0.05, 0) is 51.1 Å². The van der Waals surface area contributed by atoms with Crippen LogP contribution in [0.5, 0.6) is 0 Å². The third-order valence-electron chi connectivity index (χ3n) is 3.89. The zero-order valence-corrected chi connectivity index (χ0v) is 12.5. The topological polar surface area (TPSA) is 31.9 Å². The molecular weight excluding hydrogens is 234 g/mol. The summed E-state index contributed by atoms with van der Waals surface area (Å²) in [6.45, 7) is 7.74. The second-order valence-electron chi connectivity index (χ2n) is 5.34. The first kappa shape index (κ1) is 14.1. The van der Waals surface area contributed by atoms with E-state index in [2.05, 4.69) is 55.9 Å². The Hall–Kier alpha value is -1.35. The second kappa shape index (κ2) is 6.20. The lowest BCUT2D eigenvalue weighted by molar-refractivity contribution is 0.250. The number of aromatic amines is 1. The number of rotatable bonds is 6. The van der Waals surface area contributed by atoms with Gasteiger partial charge in [-0.15, -0.1) is 0 Å². The van der Waals surface area contributed by atoms with Gasteiger partial charge in [0.05, 0.1) is 17.1 Å². The average Bonchev–Trinajstić information content (AvgIpc) is 2.86. The number of imidazole rings is 1. The summed E-state index contributed by atoms with van der Waals surface area (Å²) in [4.78, 5) is 10.6. The van der Waals surface area contributed by atoms with E-state index >= 15 is 0 Å². The number of benzene rings is 1. The third kappa shape index (κ3) is 3.16. The number of hydrogen-bond donors (Lipinski definition) is 1. The number of hydrogen-bond acceptors (Lipinski definition) is 2. The van der Waals surface area contributed by atoms with Gasteiger partial charge in [0.15, 0.2) is 0 Å². The molecule has 0 aliphatic heterocycles. The average molecular weight is 259 g/mol. The quantitative estimate of drug-likeness (QED) is 0.852. The Labute approximate surface area is 116 Å². The lowest BCUT2D eigenvalue weighted by Crippen LogP contribution is -2.24. The van der Waals surface area contributed by atoms with Gasteiger partial charge in [0.2, 0.25) is 0 Å². The molecule has 19 heavy (non-hydrogen) atoms. The van der Waals surface area contributed by atoms with E-state index in [-0.39, 0.29) is 0 Å². The molecule has 104 valence electrons. The highest BCUT2D eigenvalue weighted by Gasteiger charge is 2.15. The summed E-state index contributed by atoms with van der Waals surface area (Å²) in [5.74, 6) is 1.07. The maximum atomic E-state index is 4.72. The van der Waals surface area contributed by atoms with Crippen molar-refractivity contribution in [2.45, 2.75) is 46.1 Å². The van der Waals surface area contributed by atoms with Crippen LogP contribution in [0, 0.1) is 0 Å². The van der Waals surface area contributed by atoms with E-state index in [4.69, 9.17) is 4.98 Å². The SMILES string of the molecule is CCCCN(C)C(C)c1nc2ccc(CC)cc2[nH]1. The monoisotopic (exact) mass is 259 g/mol. The lowest BCUT2D eigenvalue weighted by Gasteiger charge is -2.22. The van der Waals surface area contributed by atoms with Gasteiger partial charge in [0, 0.05) is 0 Å². The van der Waals surface area contributed by atoms with Gasteiger partial charge in [0.25, 0.3) is 0 Å². The second-order valence-corrected chi connectivity index (χ2v) is 5.34. The summed E-state index contributed by atoms with van der Waals surface area (Å²) >= 11 is 0. The number of nitrogens with one attached hydrogen (secondary N) is 1. The minimum Gasteiger partial charge on any atom is -0.341 e. The molecule has 2 aromatic rings. The number of aryl methyl sites for hydroxylation is 1. The van der Waals surface area contributed by atoms with Gasteiger partial charge >= 0.3 is 0 Å². The van der Waals surface area contributed by atoms with Crippen LogP contribution in [0.1, 0.15) is 51.0 Å². The first-order valence-corrected chi connectivity index (χ1v) is 7.34. The first-order valence-electron chi connectivity index (χ1n) is 7.34. The maximum absolute atomic E-state index is 4.72. The number of aromatic nitrogens is 2. The van der Waals surface area contributed by atoms with Crippen molar-refractivity contribution in [3.8, 4) is 0 Å². The normalized spacial score (nSPS) is 13.3. The predicted octanol–water partition coefficient (Wildman–Crippen LogP) is 3.92. The van der Waals surface area contributed by atoms with E-state index in [1.807, 2.05) is 0 Å². The zero-order valence-electron chi connectivity index (χ0n) is 12.5. The Kier molecular flexibility index (Phi) is 4.59. The fourth-order valence-electron chi connectivity index (χ4n) is 2.30. The fourth-order valence-corrected chi connectivity index (χ4v) is 2.30. The molecule has 0 saturated heterocycles. The molecule has 1 unspecified atom stereocenters. The van der Waals surface area contributed by atoms with Crippen molar-refractivity contribution >= 4 is 11.0 Å². The molecule has 0 saturated carbocycles. The molecule has 2 rings (SSSR count). The Morgan fingerprint density at radius 3 is 2.79 bits per heavy atom. The first-order chi connectivity index (χ1) is 9.15. The molecule has 0 aliphatic rings. The van der Waals surface area contributed by atoms with Crippen LogP contribution in [0.25, 0.3) is 11.0 Å². The zero-order chi connectivity index (χ0) is 13.8. The van der Waals surface area contributed by atoms with Crippen LogP contribution >= 0.6 is 0 Å². The Morgan fingerprint density at radius 2 is 2.11 bits per heavy atom. The van der Waals surface area contributed by atoms with Crippen molar-refractivity contribution in [2.75, 3.05) is 13.6 Å². The van der Waals surface area contributed by atoms with Crippen LogP contribution in [0.4, 0.5) is 0 Å². The Bertz CT molecular complexity index is 530. The number of H-pyrrole nitrogens is 1. The summed E-state index contributed by atoms with van der Waals surface area (Å²) in [6, 6.07) is 6.83. The van der Waals surface area contributed by atoms with Crippen LogP contribution in [-0.4, -0.2) is 28.5 Å². The minimum atomic E-state index is 0.337. The smallest absolute Gasteiger partial charge is 0.124 e. The Morgan fingerprint density at radius 1 is 1.32 bits per heavy atom. The fraction of sp³-hybridized carbons (Fsp3) is 0.562. The van der Waals surface area contributed by atoms with E-state index in [9.17, 15) is 0 Å². The van der Waals surface area contributed by atoms with Gasteiger partial charge in [-0.2, -0.15) is 0 Å². The number of nitrogens with zero attached hydrogens (tertiary/aromatic N) is 2. The summed E-state index contributed by atoms with van der Waals surface area (Å²) in [7, 11) is 2.17. The number of fused-ring (bicyclic) bond motifs is 1. The maximum Gasteiger partial charge on any atom is 0.124 e. The van der Waals surface area contributed by atoms with Crippen molar-refractivity contribution in [3.63, 3.8) is 0 Å². The molecule has 1 heterocycles. The molecule has 0 fully saturated rings. The highest BCUT2D eigenvalue weighted by molar-refractivity contribution is 5.75.